The van der Waals surface area contributed by atoms with Gasteiger partial charge in [-0.1, -0.05) is 40.0 Å². The van der Waals surface area contributed by atoms with E-state index in [-0.39, 0.29) is 17.4 Å². The fraction of sp³-hybridized carbons (Fsp3) is 0.867. The van der Waals surface area contributed by atoms with E-state index in [4.69, 9.17) is 5.11 Å². The van der Waals surface area contributed by atoms with Gasteiger partial charge in [0.15, 0.2) is 0 Å². The predicted octanol–water partition coefficient (Wildman–Crippen LogP) is 2.76. The van der Waals surface area contributed by atoms with Crippen molar-refractivity contribution >= 4 is 12.0 Å². The molecule has 116 valence electrons. The number of carboxylic acids is 1. The Hall–Kier alpha value is -1.26. The first-order valence-corrected chi connectivity index (χ1v) is 7.59. The van der Waals surface area contributed by atoms with Crippen molar-refractivity contribution < 1.29 is 14.7 Å². The fourth-order valence-electron chi connectivity index (χ4n) is 2.78. The number of hydrogen-bond acceptors (Lipinski definition) is 2. The van der Waals surface area contributed by atoms with Gasteiger partial charge in [-0.2, -0.15) is 0 Å². The minimum atomic E-state index is -0.974. The molecule has 0 aromatic carbocycles. The molecule has 1 aliphatic carbocycles. The molecule has 0 spiro atoms. The van der Waals surface area contributed by atoms with Crippen LogP contribution in [0.4, 0.5) is 4.79 Å². The molecule has 1 unspecified atom stereocenters. The molecule has 3 N–H and O–H groups in total. The van der Waals surface area contributed by atoms with Gasteiger partial charge in [0.1, 0.15) is 6.04 Å². The summed E-state index contributed by atoms with van der Waals surface area (Å²) in [5, 5.41) is 14.5. The second-order valence-electron chi connectivity index (χ2n) is 6.72. The van der Waals surface area contributed by atoms with Crippen LogP contribution in [0.3, 0.4) is 0 Å². The van der Waals surface area contributed by atoms with Gasteiger partial charge in [0, 0.05) is 6.54 Å². The van der Waals surface area contributed by atoms with Gasteiger partial charge < -0.3 is 15.7 Å². The van der Waals surface area contributed by atoms with E-state index >= 15 is 0 Å². The first-order chi connectivity index (χ1) is 9.32. The monoisotopic (exact) mass is 284 g/mol. The molecule has 0 aromatic heterocycles. The molecule has 5 heteroatoms. The lowest BCUT2D eigenvalue weighted by molar-refractivity contribution is -0.139. The Labute approximate surface area is 121 Å². The van der Waals surface area contributed by atoms with Crippen molar-refractivity contribution in [1.29, 1.82) is 0 Å². The molecule has 1 saturated carbocycles. The molecular formula is C15H28N2O3. The highest BCUT2D eigenvalue weighted by atomic mass is 16.4. The van der Waals surface area contributed by atoms with Gasteiger partial charge in [-0.3, -0.25) is 0 Å². The van der Waals surface area contributed by atoms with E-state index in [0.29, 0.717) is 13.0 Å². The van der Waals surface area contributed by atoms with E-state index in [1.165, 1.54) is 19.3 Å². The Kier molecular flexibility index (Phi) is 6.30. The molecule has 1 aliphatic rings. The number of urea groups is 1. The van der Waals surface area contributed by atoms with Gasteiger partial charge in [-0.25, -0.2) is 9.59 Å². The molecule has 0 heterocycles. The van der Waals surface area contributed by atoms with Gasteiger partial charge in [0.05, 0.1) is 0 Å². The lowest BCUT2D eigenvalue weighted by Gasteiger charge is -2.33. The first-order valence-electron chi connectivity index (χ1n) is 7.59. The zero-order chi connectivity index (χ0) is 15.2. The number of hydrogen-bond donors (Lipinski definition) is 3. The summed E-state index contributed by atoms with van der Waals surface area (Å²) in [6.45, 7) is 6.69. The van der Waals surface area contributed by atoms with E-state index in [2.05, 4.69) is 17.6 Å². The highest BCUT2D eigenvalue weighted by Gasteiger charge is 2.28. The molecule has 0 saturated heterocycles. The molecule has 5 nitrogen and oxygen atoms in total. The van der Waals surface area contributed by atoms with Crippen LogP contribution < -0.4 is 10.6 Å². The van der Waals surface area contributed by atoms with Crippen LogP contribution in [0.15, 0.2) is 0 Å². The van der Waals surface area contributed by atoms with Crippen LogP contribution in [0.25, 0.3) is 0 Å². The summed E-state index contributed by atoms with van der Waals surface area (Å²) in [6, 6.07) is -1.18. The Morgan fingerprint density at radius 1 is 1.20 bits per heavy atom. The fourth-order valence-corrected chi connectivity index (χ4v) is 2.78. The van der Waals surface area contributed by atoms with E-state index in [9.17, 15) is 9.59 Å². The van der Waals surface area contributed by atoms with Gasteiger partial charge >= 0.3 is 12.0 Å². The number of aliphatic carboxylic acids is 1. The molecular weight excluding hydrogens is 256 g/mol. The third kappa shape index (κ3) is 5.80. The van der Waals surface area contributed by atoms with Crippen LogP contribution in [-0.4, -0.2) is 29.7 Å². The summed E-state index contributed by atoms with van der Waals surface area (Å²) in [7, 11) is 0. The second kappa shape index (κ2) is 7.50. The molecule has 0 bridgehead atoms. The zero-order valence-corrected chi connectivity index (χ0v) is 12.9. The van der Waals surface area contributed by atoms with Crippen molar-refractivity contribution in [2.75, 3.05) is 6.54 Å². The Bertz CT molecular complexity index is 336. The third-order valence-corrected chi connectivity index (χ3v) is 4.05. The lowest BCUT2D eigenvalue weighted by Crippen LogP contribution is -2.49. The Morgan fingerprint density at radius 3 is 2.30 bits per heavy atom. The minimum Gasteiger partial charge on any atom is -0.480 e. The standard InChI is InChI=1S/C15H28N2O3/c1-11(2)9-12(13(18)19)17-14(20)16-10-15(3)7-5-4-6-8-15/h11-12H,4-10H2,1-3H3,(H,18,19)(H2,16,17,20). The molecule has 1 rings (SSSR count). The molecule has 0 radical (unpaired) electrons. The summed E-state index contributed by atoms with van der Waals surface area (Å²) in [5.74, 6) is -0.745. The molecule has 0 aromatic rings. The van der Waals surface area contributed by atoms with E-state index < -0.39 is 12.0 Å². The van der Waals surface area contributed by atoms with E-state index in [1.54, 1.807) is 0 Å². The highest BCUT2D eigenvalue weighted by molar-refractivity contribution is 5.82. The number of carbonyl (C=O) groups is 2. The Morgan fingerprint density at radius 2 is 1.80 bits per heavy atom. The van der Waals surface area contributed by atoms with Crippen molar-refractivity contribution in [2.45, 2.75) is 65.3 Å². The van der Waals surface area contributed by atoms with Crippen molar-refractivity contribution in [3.05, 3.63) is 0 Å². The average molecular weight is 284 g/mol. The average Bonchev–Trinajstić information content (AvgIpc) is 2.36. The third-order valence-electron chi connectivity index (χ3n) is 4.05. The maximum absolute atomic E-state index is 11.8. The van der Waals surface area contributed by atoms with E-state index in [1.807, 2.05) is 13.8 Å². The van der Waals surface area contributed by atoms with Crippen LogP contribution >= 0.6 is 0 Å². The Balaban J connectivity index is 2.39. The van der Waals surface area contributed by atoms with Gasteiger partial charge in [-0.05, 0) is 30.6 Å². The summed E-state index contributed by atoms with van der Waals surface area (Å²) in [4.78, 5) is 22.9. The quantitative estimate of drug-likeness (QED) is 0.701. The highest BCUT2D eigenvalue weighted by Crippen LogP contribution is 2.34. The van der Waals surface area contributed by atoms with Gasteiger partial charge in [0.25, 0.3) is 0 Å². The lowest BCUT2D eigenvalue weighted by atomic mass is 9.76. The zero-order valence-electron chi connectivity index (χ0n) is 12.9. The summed E-state index contributed by atoms with van der Waals surface area (Å²) in [5.41, 5.74) is 0.159. The van der Waals surface area contributed by atoms with Crippen LogP contribution in [0.1, 0.15) is 59.3 Å². The molecule has 20 heavy (non-hydrogen) atoms. The second-order valence-corrected chi connectivity index (χ2v) is 6.72. The first kappa shape index (κ1) is 16.8. The summed E-state index contributed by atoms with van der Waals surface area (Å²) < 4.78 is 0. The number of rotatable bonds is 6. The molecule has 1 fully saturated rings. The van der Waals surface area contributed by atoms with Crippen molar-refractivity contribution in [2.24, 2.45) is 11.3 Å². The largest absolute Gasteiger partial charge is 0.480 e. The maximum atomic E-state index is 11.8. The van der Waals surface area contributed by atoms with Crippen molar-refractivity contribution in [1.82, 2.24) is 10.6 Å². The maximum Gasteiger partial charge on any atom is 0.326 e. The smallest absolute Gasteiger partial charge is 0.326 e. The summed E-state index contributed by atoms with van der Waals surface area (Å²) >= 11 is 0. The van der Waals surface area contributed by atoms with Gasteiger partial charge in [-0.15, -0.1) is 0 Å². The molecule has 0 aliphatic heterocycles. The van der Waals surface area contributed by atoms with Crippen molar-refractivity contribution in [3.63, 3.8) is 0 Å². The number of amides is 2. The predicted molar refractivity (Wildman–Crippen MR) is 78.6 cm³/mol. The van der Waals surface area contributed by atoms with Crippen molar-refractivity contribution in [3.8, 4) is 0 Å². The van der Waals surface area contributed by atoms with Crippen LogP contribution in [0, 0.1) is 11.3 Å². The minimum absolute atomic E-state index is 0.159. The van der Waals surface area contributed by atoms with Crippen LogP contribution in [0.2, 0.25) is 0 Å². The molecule has 2 amide bonds. The van der Waals surface area contributed by atoms with Gasteiger partial charge in [0.2, 0.25) is 0 Å². The topological polar surface area (TPSA) is 78.4 Å². The molecule has 1 atom stereocenters. The van der Waals surface area contributed by atoms with Crippen LogP contribution in [-0.2, 0) is 4.79 Å². The van der Waals surface area contributed by atoms with Crippen LogP contribution in [0.5, 0.6) is 0 Å². The summed E-state index contributed by atoms with van der Waals surface area (Å²) in [6.07, 6.45) is 6.40. The number of carbonyl (C=O) groups excluding carboxylic acids is 1. The van der Waals surface area contributed by atoms with E-state index in [0.717, 1.165) is 12.8 Å². The number of nitrogens with one attached hydrogen (secondary N) is 2. The number of carboxylic acid groups (broad SMARTS) is 1. The normalized spacial score (nSPS) is 19.4. The SMILES string of the molecule is CC(C)CC(NC(=O)NCC1(C)CCCCC1)C(=O)O.